The molecule has 3 nitrogen and oxygen atoms in total. The highest BCUT2D eigenvalue weighted by atomic mass is 19.4. The van der Waals surface area contributed by atoms with E-state index in [2.05, 4.69) is 0 Å². The second-order valence-electron chi connectivity index (χ2n) is 4.86. The number of esters is 1. The molecule has 1 atom stereocenters. The molecule has 0 aliphatic carbocycles. The van der Waals surface area contributed by atoms with E-state index >= 15 is 0 Å². The predicted molar refractivity (Wildman–Crippen MR) is 71.0 cm³/mol. The molecule has 0 amide bonds. The van der Waals surface area contributed by atoms with E-state index in [9.17, 15) is 18.0 Å². The first kappa shape index (κ1) is 15.4. The number of carbonyl (C=O) groups excluding carboxylic acids is 1. The van der Waals surface area contributed by atoms with Gasteiger partial charge in [-0.25, -0.2) is 4.79 Å². The summed E-state index contributed by atoms with van der Waals surface area (Å²) in [5, 5.41) is 0. The van der Waals surface area contributed by atoms with Crippen molar-refractivity contribution in [2.45, 2.75) is 33.1 Å². The summed E-state index contributed by atoms with van der Waals surface area (Å²) in [4.78, 5) is 11.8. The Morgan fingerprint density at radius 3 is 2.57 bits per heavy atom. The Hall–Kier alpha value is -1.98. The van der Waals surface area contributed by atoms with E-state index < -0.39 is 23.8 Å². The van der Waals surface area contributed by atoms with Gasteiger partial charge in [-0.15, -0.1) is 0 Å². The lowest BCUT2D eigenvalue weighted by Crippen LogP contribution is -2.41. The van der Waals surface area contributed by atoms with Crippen LogP contribution in [0.5, 0.6) is 5.75 Å². The minimum Gasteiger partial charge on any atom is -0.475 e. The van der Waals surface area contributed by atoms with Crippen LogP contribution in [0, 0.1) is 13.8 Å². The Kier molecular flexibility index (Phi) is 3.98. The molecule has 21 heavy (non-hydrogen) atoms. The van der Waals surface area contributed by atoms with Crippen LogP contribution < -0.4 is 4.74 Å². The molecule has 0 N–H and O–H groups in total. The van der Waals surface area contributed by atoms with Crippen molar-refractivity contribution < 1.29 is 27.4 Å². The summed E-state index contributed by atoms with van der Waals surface area (Å²) < 4.78 is 49.1. The molecule has 1 aliphatic heterocycles. The largest absolute Gasteiger partial charge is 0.475 e. The van der Waals surface area contributed by atoms with Gasteiger partial charge in [-0.3, -0.25) is 0 Å². The molecule has 0 fully saturated rings. The smallest absolute Gasteiger partial charge is 0.430 e. The fourth-order valence-corrected chi connectivity index (χ4v) is 2.30. The van der Waals surface area contributed by atoms with Crippen molar-refractivity contribution in [3.8, 4) is 5.75 Å². The lowest BCUT2D eigenvalue weighted by Gasteiger charge is -2.29. The fraction of sp³-hybridized carbons (Fsp3) is 0.400. The van der Waals surface area contributed by atoms with Crippen LogP contribution in [-0.2, 0) is 9.53 Å². The second kappa shape index (κ2) is 5.42. The minimum absolute atomic E-state index is 0.000449. The zero-order valence-corrected chi connectivity index (χ0v) is 11.9. The molecule has 1 aliphatic rings. The Balaban J connectivity index is 2.55. The summed E-state index contributed by atoms with van der Waals surface area (Å²) >= 11 is 0. The topological polar surface area (TPSA) is 35.5 Å². The molecule has 1 heterocycles. The molecule has 1 unspecified atom stereocenters. The molecule has 1 aromatic rings. The highest BCUT2D eigenvalue weighted by molar-refractivity contribution is 5.96. The summed E-state index contributed by atoms with van der Waals surface area (Å²) in [5.41, 5.74) is 1.40. The standard InChI is InChI=1S/C15H15F3O3/c1-4-20-14(19)11-7-10-6-8(2)5-9(3)12(10)21-13(11)15(16,17)18/h5-7,13H,4H2,1-3H3. The fourth-order valence-electron chi connectivity index (χ4n) is 2.30. The first-order valence-electron chi connectivity index (χ1n) is 6.47. The van der Waals surface area contributed by atoms with Gasteiger partial charge in [0.1, 0.15) is 5.75 Å². The molecule has 6 heteroatoms. The van der Waals surface area contributed by atoms with E-state index in [1.54, 1.807) is 19.1 Å². The molecule has 0 aromatic heterocycles. The molecule has 0 saturated carbocycles. The van der Waals surface area contributed by atoms with Crippen molar-refractivity contribution in [1.29, 1.82) is 0 Å². The van der Waals surface area contributed by atoms with Crippen molar-refractivity contribution in [3.63, 3.8) is 0 Å². The number of fused-ring (bicyclic) bond motifs is 1. The van der Waals surface area contributed by atoms with Crippen molar-refractivity contribution in [2.24, 2.45) is 0 Å². The molecule has 0 saturated heterocycles. The Morgan fingerprint density at radius 1 is 1.33 bits per heavy atom. The second-order valence-corrected chi connectivity index (χ2v) is 4.86. The molecule has 0 spiro atoms. The third-order valence-corrected chi connectivity index (χ3v) is 3.09. The number of hydrogen-bond donors (Lipinski definition) is 0. The summed E-state index contributed by atoms with van der Waals surface area (Å²) in [5.74, 6) is -0.861. The van der Waals surface area contributed by atoms with Gasteiger partial charge >= 0.3 is 12.1 Å². The number of halogens is 3. The van der Waals surface area contributed by atoms with Crippen LogP contribution >= 0.6 is 0 Å². The van der Waals surface area contributed by atoms with Gasteiger partial charge in [-0.1, -0.05) is 11.6 Å². The zero-order valence-electron chi connectivity index (χ0n) is 11.9. The average Bonchev–Trinajstić information content (AvgIpc) is 2.36. The summed E-state index contributed by atoms with van der Waals surface area (Å²) in [6, 6.07) is 3.41. The van der Waals surface area contributed by atoms with E-state index in [4.69, 9.17) is 9.47 Å². The van der Waals surface area contributed by atoms with Crippen molar-refractivity contribution in [1.82, 2.24) is 0 Å². The van der Waals surface area contributed by atoms with Gasteiger partial charge in [0.25, 0.3) is 0 Å². The van der Waals surface area contributed by atoms with E-state index in [0.717, 1.165) is 5.56 Å². The van der Waals surface area contributed by atoms with E-state index in [1.165, 1.54) is 13.0 Å². The monoisotopic (exact) mass is 300 g/mol. The maximum Gasteiger partial charge on any atom is 0.430 e. The number of carbonyl (C=O) groups is 1. The van der Waals surface area contributed by atoms with Gasteiger partial charge in [0, 0.05) is 5.56 Å². The summed E-state index contributed by atoms with van der Waals surface area (Å²) in [7, 11) is 0. The maximum absolute atomic E-state index is 13.1. The Morgan fingerprint density at radius 2 is 2.00 bits per heavy atom. The average molecular weight is 300 g/mol. The summed E-state index contributed by atoms with van der Waals surface area (Å²) in [6.07, 6.45) is -5.78. The first-order valence-corrected chi connectivity index (χ1v) is 6.47. The van der Waals surface area contributed by atoms with Crippen LogP contribution in [-0.4, -0.2) is 24.9 Å². The molecule has 0 bridgehead atoms. The van der Waals surface area contributed by atoms with Gasteiger partial charge in [0.15, 0.2) is 0 Å². The maximum atomic E-state index is 13.1. The first-order chi connectivity index (χ1) is 9.74. The van der Waals surface area contributed by atoms with Gasteiger partial charge in [-0.05, 0) is 38.5 Å². The van der Waals surface area contributed by atoms with E-state index in [1.807, 2.05) is 6.92 Å². The molecule has 2 rings (SSSR count). The van der Waals surface area contributed by atoms with Crippen molar-refractivity contribution in [2.75, 3.05) is 6.61 Å². The highest BCUT2D eigenvalue weighted by Gasteiger charge is 2.49. The van der Waals surface area contributed by atoms with Crippen LogP contribution in [0.4, 0.5) is 13.2 Å². The predicted octanol–water partition coefficient (Wildman–Crippen LogP) is 3.57. The van der Waals surface area contributed by atoms with Gasteiger partial charge in [0.2, 0.25) is 6.10 Å². The van der Waals surface area contributed by atoms with Crippen molar-refractivity contribution in [3.05, 3.63) is 34.4 Å². The number of alkyl halides is 3. The Labute approximate surface area is 120 Å². The van der Waals surface area contributed by atoms with E-state index in [0.29, 0.717) is 11.1 Å². The zero-order chi connectivity index (χ0) is 15.8. The van der Waals surface area contributed by atoms with Crippen LogP contribution in [0.2, 0.25) is 0 Å². The minimum atomic E-state index is -4.69. The number of aryl methyl sites for hydroxylation is 2. The molecule has 1 aromatic carbocycles. The third kappa shape index (κ3) is 3.04. The van der Waals surface area contributed by atoms with Crippen LogP contribution in [0.25, 0.3) is 6.08 Å². The summed E-state index contributed by atoms with van der Waals surface area (Å²) in [6.45, 7) is 5.02. The van der Waals surface area contributed by atoms with Gasteiger partial charge < -0.3 is 9.47 Å². The quantitative estimate of drug-likeness (QED) is 0.783. The van der Waals surface area contributed by atoms with E-state index in [-0.39, 0.29) is 12.4 Å². The molecular formula is C15H15F3O3. The number of benzene rings is 1. The lowest BCUT2D eigenvalue weighted by atomic mass is 9.97. The van der Waals surface area contributed by atoms with Crippen LogP contribution in [0.3, 0.4) is 0 Å². The number of ether oxygens (including phenoxy) is 2. The Bertz CT molecular complexity index is 603. The third-order valence-electron chi connectivity index (χ3n) is 3.09. The molecule has 0 radical (unpaired) electrons. The number of hydrogen-bond acceptors (Lipinski definition) is 3. The number of rotatable bonds is 2. The molecular weight excluding hydrogens is 285 g/mol. The normalized spacial score (nSPS) is 17.6. The van der Waals surface area contributed by atoms with Gasteiger partial charge in [0.05, 0.1) is 12.2 Å². The van der Waals surface area contributed by atoms with Crippen LogP contribution in [0.15, 0.2) is 17.7 Å². The SMILES string of the molecule is CCOC(=O)C1=Cc2cc(C)cc(C)c2OC1C(F)(F)F. The van der Waals surface area contributed by atoms with Crippen LogP contribution in [0.1, 0.15) is 23.6 Å². The van der Waals surface area contributed by atoms with Crippen molar-refractivity contribution >= 4 is 12.0 Å². The molecule has 114 valence electrons. The highest BCUT2D eigenvalue weighted by Crippen LogP contribution is 2.39. The van der Waals surface area contributed by atoms with Gasteiger partial charge in [-0.2, -0.15) is 13.2 Å². The lowest BCUT2D eigenvalue weighted by molar-refractivity contribution is -0.188.